The number of thioether (sulfide) groups is 1. The molecule has 2 amide bonds. The fourth-order valence-electron chi connectivity index (χ4n) is 6.57. The maximum Gasteiger partial charge on any atom is 0.352 e. The highest BCUT2D eigenvalue weighted by molar-refractivity contribution is 8.00. The third-order valence-electron chi connectivity index (χ3n) is 9.35. The van der Waals surface area contributed by atoms with Crippen molar-refractivity contribution in [1.29, 1.82) is 0 Å². The Hall–Kier alpha value is -5.14. The van der Waals surface area contributed by atoms with E-state index in [-0.39, 0.29) is 46.2 Å². The fourth-order valence-corrected chi connectivity index (χ4v) is 8.56. The molecule has 3 aromatic rings. The molecule has 0 aliphatic carbocycles. The van der Waals surface area contributed by atoms with Gasteiger partial charge >= 0.3 is 11.9 Å². The fraction of sp³-hybridized carbons (Fsp3) is 0.406. The van der Waals surface area contributed by atoms with Crippen LogP contribution < -0.4 is 16.5 Å². The second-order valence-corrected chi connectivity index (χ2v) is 15.6. The van der Waals surface area contributed by atoms with E-state index < -0.39 is 57.5 Å². The number of amides is 2. The Kier molecular flexibility index (Phi) is 9.23. The second kappa shape index (κ2) is 13.2. The van der Waals surface area contributed by atoms with E-state index in [1.807, 2.05) is 6.92 Å². The molecule has 0 spiro atoms. The Balaban J connectivity index is 1.27. The van der Waals surface area contributed by atoms with E-state index in [0.29, 0.717) is 34.2 Å². The zero-order valence-corrected chi connectivity index (χ0v) is 29.3. The van der Waals surface area contributed by atoms with E-state index in [1.54, 1.807) is 6.20 Å². The number of quaternary nitrogens is 1. The van der Waals surface area contributed by atoms with Gasteiger partial charge in [-0.2, -0.15) is 0 Å². The van der Waals surface area contributed by atoms with E-state index in [9.17, 15) is 44.4 Å². The Labute approximate surface area is 298 Å². The minimum atomic E-state index is -1.80. The number of aromatic amines is 1. The van der Waals surface area contributed by atoms with Crippen LogP contribution in [0, 0.1) is 0 Å². The van der Waals surface area contributed by atoms with Crippen molar-refractivity contribution < 1.29 is 48.9 Å². The second-order valence-electron chi connectivity index (χ2n) is 13.3. The van der Waals surface area contributed by atoms with Crippen LogP contribution in [0.5, 0.6) is 11.5 Å². The Morgan fingerprint density at radius 2 is 1.84 bits per heavy atom. The number of thiazole rings is 1. The van der Waals surface area contributed by atoms with Gasteiger partial charge in [-0.15, -0.1) is 23.1 Å². The van der Waals surface area contributed by atoms with Crippen LogP contribution in [-0.4, -0.2) is 111 Å². The number of nitrogens with zero attached hydrogens (tertiary/aromatic N) is 4. The molecule has 2 saturated heterocycles. The predicted octanol–water partition coefficient (Wildman–Crippen LogP) is 1.50. The van der Waals surface area contributed by atoms with Crippen LogP contribution in [0.3, 0.4) is 0 Å². The largest absolute Gasteiger partial charge is 0.504 e. The number of phenols is 2. The maximum atomic E-state index is 13.6. The van der Waals surface area contributed by atoms with Gasteiger partial charge in [0, 0.05) is 46.7 Å². The third kappa shape index (κ3) is 6.59. The molecule has 3 aliphatic rings. The number of anilines is 1. The number of phenolic OH excluding ortho intramolecular Hbond substituents is 2. The lowest BCUT2D eigenvalue weighted by Crippen LogP contribution is -2.71. The number of aromatic hydroxyl groups is 2. The molecule has 3 aliphatic heterocycles. The number of β-lactam (4-membered cyclic amide) rings is 1. The van der Waals surface area contributed by atoms with Crippen LogP contribution in [0.15, 0.2) is 44.9 Å². The topological polar surface area (TPSA) is 258 Å². The van der Waals surface area contributed by atoms with Crippen LogP contribution in [-0.2, 0) is 30.6 Å². The van der Waals surface area contributed by atoms with Crippen molar-refractivity contribution in [3.63, 3.8) is 0 Å². The minimum absolute atomic E-state index is 0.00211. The average Bonchev–Trinajstić information content (AvgIpc) is 3.71. The SMILES string of the molecule is C[C@@H]1S[C@@H]2[C@H](NC(=O)C(=NOC(C)(C)C(=O)O)c3csc(N)n3)C(=O)N2C(C(=O)O)=C1C[N+]1(Cc2c[nH]c3cc(O)c(O)cc3c2=O)CCCC1. The summed E-state index contributed by atoms with van der Waals surface area (Å²) in [5.41, 5.74) is 4.34. The van der Waals surface area contributed by atoms with Gasteiger partial charge in [0.05, 0.1) is 24.2 Å². The Bertz CT molecular complexity index is 2080. The number of likely N-dealkylation sites (tertiary alicyclic amines) is 1. The van der Waals surface area contributed by atoms with E-state index >= 15 is 0 Å². The number of pyridine rings is 1. The molecule has 0 bridgehead atoms. The van der Waals surface area contributed by atoms with Crippen LogP contribution in [0.2, 0.25) is 0 Å². The first-order valence-electron chi connectivity index (χ1n) is 15.9. The number of hydrogen-bond donors (Lipinski definition) is 7. The van der Waals surface area contributed by atoms with E-state index in [4.69, 9.17) is 10.6 Å². The van der Waals surface area contributed by atoms with Crippen molar-refractivity contribution in [3.8, 4) is 11.5 Å². The first-order chi connectivity index (χ1) is 24.0. The number of aromatic nitrogens is 2. The first kappa shape index (κ1) is 35.7. The van der Waals surface area contributed by atoms with Gasteiger partial charge in [-0.05, 0) is 26.8 Å². The molecule has 0 radical (unpaired) electrons. The molecule has 8 N–H and O–H groups in total. The number of rotatable bonds is 11. The Morgan fingerprint density at radius 3 is 2.47 bits per heavy atom. The molecule has 0 saturated carbocycles. The standard InChI is InChI=1S/C32H35N7O10S2/c1-14-17(12-39(6-4-5-7-39)11-15-10-34-18-9-21(41)20(40)8-16(18)25(15)42)24(29(45)46)38-27(44)23(28(38)51-14)36-26(43)22(19-13-50-31(33)35-19)37-49-32(2,3)30(47)48/h8-10,13-14,23,28H,4-7,11-12H2,1-3H3,(H7-,33,34,35,36,37,40,41,42,43,45,46,47,48)/p+1/t14-,23+,28+/m0/s1. The van der Waals surface area contributed by atoms with Gasteiger partial charge in [0.25, 0.3) is 11.8 Å². The molecule has 17 nitrogen and oxygen atoms in total. The van der Waals surface area contributed by atoms with Crippen LogP contribution in [0.4, 0.5) is 5.13 Å². The third-order valence-corrected chi connectivity index (χ3v) is 11.5. The summed E-state index contributed by atoms with van der Waals surface area (Å²) in [6.45, 7) is 6.14. The molecule has 6 rings (SSSR count). The molecule has 2 fully saturated rings. The highest BCUT2D eigenvalue weighted by Crippen LogP contribution is 2.45. The lowest BCUT2D eigenvalue weighted by Gasteiger charge is -2.51. The van der Waals surface area contributed by atoms with Gasteiger partial charge in [-0.1, -0.05) is 5.16 Å². The summed E-state index contributed by atoms with van der Waals surface area (Å²) in [5, 5.41) is 46.7. The van der Waals surface area contributed by atoms with Crippen molar-refractivity contribution in [2.75, 3.05) is 25.4 Å². The highest BCUT2D eigenvalue weighted by atomic mass is 32.2. The number of fused-ring (bicyclic) bond motifs is 2. The smallest absolute Gasteiger partial charge is 0.352 e. The van der Waals surface area contributed by atoms with Gasteiger partial charge in [-0.3, -0.25) is 19.3 Å². The number of nitrogens with two attached hydrogens (primary N) is 1. The van der Waals surface area contributed by atoms with Crippen LogP contribution in [0.25, 0.3) is 10.9 Å². The van der Waals surface area contributed by atoms with Crippen molar-refractivity contribution >= 4 is 68.6 Å². The molecule has 3 atom stereocenters. The number of benzene rings is 1. The number of carbonyl (C=O) groups excluding carboxylic acids is 2. The van der Waals surface area contributed by atoms with Crippen molar-refractivity contribution in [1.82, 2.24) is 20.2 Å². The van der Waals surface area contributed by atoms with Crippen LogP contribution in [0.1, 0.15) is 44.9 Å². The predicted molar refractivity (Wildman–Crippen MR) is 186 cm³/mol. The molecule has 1 aromatic carbocycles. The van der Waals surface area contributed by atoms with E-state index in [0.717, 1.165) is 24.2 Å². The van der Waals surface area contributed by atoms with Gasteiger partial charge in [0.1, 0.15) is 35.9 Å². The molecule has 2 aromatic heterocycles. The number of nitrogen functional groups attached to an aromatic ring is 1. The van der Waals surface area contributed by atoms with Crippen molar-refractivity contribution in [2.45, 2.75) is 62.4 Å². The minimum Gasteiger partial charge on any atom is -0.504 e. The van der Waals surface area contributed by atoms with Gasteiger partial charge in [-0.25, -0.2) is 14.6 Å². The molecule has 51 heavy (non-hydrogen) atoms. The number of carboxylic acid groups (broad SMARTS) is 2. The summed E-state index contributed by atoms with van der Waals surface area (Å²) in [5.74, 6) is -4.98. The summed E-state index contributed by atoms with van der Waals surface area (Å²) < 4.78 is 0.367. The monoisotopic (exact) mass is 742 g/mol. The number of hydrogen-bond acceptors (Lipinski definition) is 13. The van der Waals surface area contributed by atoms with Crippen LogP contribution >= 0.6 is 23.1 Å². The van der Waals surface area contributed by atoms with E-state index in [2.05, 4.69) is 20.4 Å². The molecule has 5 heterocycles. The number of aliphatic carboxylic acids is 2. The first-order valence-corrected chi connectivity index (χ1v) is 17.7. The summed E-state index contributed by atoms with van der Waals surface area (Å²) in [6.07, 6.45) is 3.26. The maximum absolute atomic E-state index is 13.6. The van der Waals surface area contributed by atoms with Crippen molar-refractivity contribution in [3.05, 3.63) is 56.5 Å². The normalized spacial score (nSPS) is 21.7. The summed E-state index contributed by atoms with van der Waals surface area (Å²) >= 11 is 2.32. The molecule has 270 valence electrons. The summed E-state index contributed by atoms with van der Waals surface area (Å²) in [7, 11) is 0. The lowest BCUT2D eigenvalue weighted by atomic mass is 9.99. The number of H-pyrrole nitrogens is 1. The average molecular weight is 743 g/mol. The molecule has 0 unspecified atom stereocenters. The lowest BCUT2D eigenvalue weighted by molar-refractivity contribution is -0.925. The zero-order chi connectivity index (χ0) is 37.0. The number of oxime groups is 1. The van der Waals surface area contributed by atoms with Crippen molar-refractivity contribution in [2.24, 2.45) is 5.16 Å². The number of nitrogens with one attached hydrogen (secondary N) is 2. The van der Waals surface area contributed by atoms with E-state index in [1.165, 1.54) is 48.0 Å². The quantitative estimate of drug-likeness (QED) is 0.0484. The number of carboxylic acids is 2. The summed E-state index contributed by atoms with van der Waals surface area (Å²) in [4.78, 5) is 78.4. The van der Waals surface area contributed by atoms with Gasteiger partial charge < -0.3 is 45.8 Å². The summed E-state index contributed by atoms with van der Waals surface area (Å²) in [6, 6.07) is 1.34. The zero-order valence-electron chi connectivity index (χ0n) is 27.7. The number of carbonyl (C=O) groups is 4. The van der Waals surface area contributed by atoms with Gasteiger partial charge in [0.2, 0.25) is 5.60 Å². The molecule has 19 heteroatoms. The van der Waals surface area contributed by atoms with Gasteiger partial charge in [0.15, 0.2) is 27.8 Å². The molecular weight excluding hydrogens is 707 g/mol. The molecular formula is C32H36N7O10S2+. The highest BCUT2D eigenvalue weighted by Gasteiger charge is 2.57. The Morgan fingerprint density at radius 1 is 1.16 bits per heavy atom.